The van der Waals surface area contributed by atoms with Gasteiger partial charge >= 0.3 is 0 Å². The molecule has 0 amide bonds. The van der Waals surface area contributed by atoms with Gasteiger partial charge in [-0.3, -0.25) is 0 Å². The highest BCUT2D eigenvalue weighted by molar-refractivity contribution is 7.99. The first-order valence-corrected chi connectivity index (χ1v) is 7.66. The van der Waals surface area contributed by atoms with Crippen LogP contribution in [0.1, 0.15) is 26.2 Å². The van der Waals surface area contributed by atoms with Crippen LogP contribution in [-0.4, -0.2) is 6.61 Å². The van der Waals surface area contributed by atoms with Crippen LogP contribution in [0, 0.1) is 0 Å². The van der Waals surface area contributed by atoms with Crippen molar-refractivity contribution in [1.82, 2.24) is 0 Å². The standard InChI is InChI=1S/C17H20OS/c1-2-3-9-14-18-16-12-7-8-13-17(16)19-15-10-5-4-6-11-15/h4-8,10-13H,2-3,9,14H2,1H3. The lowest BCUT2D eigenvalue weighted by molar-refractivity contribution is 0.299. The van der Waals surface area contributed by atoms with Gasteiger partial charge in [0.2, 0.25) is 0 Å². The molecule has 0 radical (unpaired) electrons. The molecule has 0 spiro atoms. The van der Waals surface area contributed by atoms with Crippen LogP contribution in [-0.2, 0) is 0 Å². The first kappa shape index (κ1) is 14.0. The highest BCUT2D eigenvalue weighted by Gasteiger charge is 2.04. The second-order valence-electron chi connectivity index (χ2n) is 4.42. The molecule has 2 aromatic carbocycles. The summed E-state index contributed by atoms with van der Waals surface area (Å²) >= 11 is 1.75. The van der Waals surface area contributed by atoms with Crippen LogP contribution in [0.15, 0.2) is 64.4 Å². The number of hydrogen-bond acceptors (Lipinski definition) is 2. The van der Waals surface area contributed by atoms with Gasteiger partial charge in [-0.15, -0.1) is 0 Å². The van der Waals surface area contributed by atoms with E-state index in [1.54, 1.807) is 11.8 Å². The summed E-state index contributed by atoms with van der Waals surface area (Å²) in [6.07, 6.45) is 3.58. The highest BCUT2D eigenvalue weighted by Crippen LogP contribution is 2.34. The first-order valence-electron chi connectivity index (χ1n) is 6.85. The van der Waals surface area contributed by atoms with Crippen molar-refractivity contribution in [2.24, 2.45) is 0 Å². The minimum absolute atomic E-state index is 0.806. The van der Waals surface area contributed by atoms with E-state index >= 15 is 0 Å². The Hall–Kier alpha value is -1.41. The van der Waals surface area contributed by atoms with Crippen molar-refractivity contribution in [2.45, 2.75) is 36.0 Å². The number of para-hydroxylation sites is 1. The molecule has 100 valence electrons. The van der Waals surface area contributed by atoms with Gasteiger partial charge in [0.1, 0.15) is 5.75 Å². The van der Waals surface area contributed by atoms with Crippen LogP contribution in [0.25, 0.3) is 0 Å². The molecule has 0 aromatic heterocycles. The fraction of sp³-hybridized carbons (Fsp3) is 0.294. The first-order chi connectivity index (χ1) is 9.40. The van der Waals surface area contributed by atoms with E-state index < -0.39 is 0 Å². The van der Waals surface area contributed by atoms with Crippen molar-refractivity contribution in [3.63, 3.8) is 0 Å². The zero-order chi connectivity index (χ0) is 13.3. The Bertz CT molecular complexity index is 482. The Morgan fingerprint density at radius 1 is 0.895 bits per heavy atom. The van der Waals surface area contributed by atoms with Gasteiger partial charge in [0.25, 0.3) is 0 Å². The SMILES string of the molecule is CCCCCOc1ccccc1Sc1ccccc1. The van der Waals surface area contributed by atoms with E-state index in [-0.39, 0.29) is 0 Å². The van der Waals surface area contributed by atoms with E-state index in [0.717, 1.165) is 18.8 Å². The predicted molar refractivity (Wildman–Crippen MR) is 82.0 cm³/mol. The quantitative estimate of drug-likeness (QED) is 0.623. The average molecular weight is 272 g/mol. The third-order valence-electron chi connectivity index (χ3n) is 2.83. The summed E-state index contributed by atoms with van der Waals surface area (Å²) in [5, 5.41) is 0. The van der Waals surface area contributed by atoms with E-state index in [2.05, 4.69) is 49.4 Å². The molecule has 0 bridgehead atoms. The molecular formula is C17H20OS. The molecule has 0 heterocycles. The number of unbranched alkanes of at least 4 members (excludes halogenated alkanes) is 2. The van der Waals surface area contributed by atoms with Crippen LogP contribution in [0.2, 0.25) is 0 Å². The largest absolute Gasteiger partial charge is 0.492 e. The molecule has 0 aliphatic heterocycles. The molecule has 19 heavy (non-hydrogen) atoms. The monoisotopic (exact) mass is 272 g/mol. The molecule has 1 nitrogen and oxygen atoms in total. The van der Waals surface area contributed by atoms with Crippen molar-refractivity contribution in [1.29, 1.82) is 0 Å². The summed E-state index contributed by atoms with van der Waals surface area (Å²) < 4.78 is 5.89. The van der Waals surface area contributed by atoms with Gasteiger partial charge in [-0.25, -0.2) is 0 Å². The van der Waals surface area contributed by atoms with Crippen molar-refractivity contribution < 1.29 is 4.74 Å². The Balaban J connectivity index is 2.00. The number of rotatable bonds is 7. The van der Waals surface area contributed by atoms with Gasteiger partial charge in [0.05, 0.1) is 11.5 Å². The van der Waals surface area contributed by atoms with Crippen LogP contribution in [0.3, 0.4) is 0 Å². The lowest BCUT2D eigenvalue weighted by Crippen LogP contribution is -1.97. The number of ether oxygens (including phenoxy) is 1. The highest BCUT2D eigenvalue weighted by atomic mass is 32.2. The predicted octanol–water partition coefficient (Wildman–Crippen LogP) is 5.41. The smallest absolute Gasteiger partial charge is 0.133 e. The Kier molecular flexibility index (Phi) is 5.83. The maximum absolute atomic E-state index is 5.89. The minimum atomic E-state index is 0.806. The lowest BCUT2D eigenvalue weighted by atomic mass is 10.3. The fourth-order valence-electron chi connectivity index (χ4n) is 1.80. The lowest BCUT2D eigenvalue weighted by Gasteiger charge is -2.10. The summed E-state index contributed by atoms with van der Waals surface area (Å²) in [7, 11) is 0. The molecular weight excluding hydrogens is 252 g/mol. The summed E-state index contributed by atoms with van der Waals surface area (Å²) in [5.74, 6) is 0.993. The topological polar surface area (TPSA) is 9.23 Å². The van der Waals surface area contributed by atoms with Gasteiger partial charge in [0, 0.05) is 4.90 Å². The van der Waals surface area contributed by atoms with Crippen molar-refractivity contribution in [2.75, 3.05) is 6.61 Å². The maximum Gasteiger partial charge on any atom is 0.133 e. The molecule has 0 fully saturated rings. The van der Waals surface area contributed by atoms with E-state index in [1.807, 2.05) is 12.1 Å². The summed E-state index contributed by atoms with van der Waals surface area (Å²) in [5.41, 5.74) is 0. The normalized spacial score (nSPS) is 10.4. The van der Waals surface area contributed by atoms with E-state index in [0.29, 0.717) is 0 Å². The van der Waals surface area contributed by atoms with Gasteiger partial charge in [-0.1, -0.05) is 61.9 Å². The molecule has 0 saturated carbocycles. The molecule has 2 heteroatoms. The third kappa shape index (κ3) is 4.64. The molecule has 2 aromatic rings. The van der Waals surface area contributed by atoms with Crippen molar-refractivity contribution >= 4 is 11.8 Å². The van der Waals surface area contributed by atoms with Gasteiger partial charge < -0.3 is 4.74 Å². The zero-order valence-corrected chi connectivity index (χ0v) is 12.2. The number of benzene rings is 2. The molecule has 0 saturated heterocycles. The summed E-state index contributed by atoms with van der Waals surface area (Å²) in [4.78, 5) is 2.43. The Labute approximate surface area is 120 Å². The summed E-state index contributed by atoms with van der Waals surface area (Å²) in [6.45, 7) is 3.01. The average Bonchev–Trinajstić information content (AvgIpc) is 2.46. The van der Waals surface area contributed by atoms with Crippen molar-refractivity contribution in [3.8, 4) is 5.75 Å². The fourth-order valence-corrected chi connectivity index (χ4v) is 2.72. The van der Waals surface area contributed by atoms with E-state index in [4.69, 9.17) is 4.74 Å². The third-order valence-corrected chi connectivity index (χ3v) is 3.89. The molecule has 0 aliphatic carbocycles. The van der Waals surface area contributed by atoms with E-state index in [1.165, 1.54) is 22.6 Å². The van der Waals surface area contributed by atoms with Crippen LogP contribution in [0.5, 0.6) is 5.75 Å². The van der Waals surface area contributed by atoms with Crippen molar-refractivity contribution in [3.05, 3.63) is 54.6 Å². The molecule has 2 rings (SSSR count). The Morgan fingerprint density at radius 3 is 2.42 bits per heavy atom. The molecule has 0 aliphatic rings. The molecule has 0 N–H and O–H groups in total. The maximum atomic E-state index is 5.89. The minimum Gasteiger partial charge on any atom is -0.492 e. The molecule has 0 unspecified atom stereocenters. The van der Waals surface area contributed by atoms with Crippen LogP contribution in [0.4, 0.5) is 0 Å². The van der Waals surface area contributed by atoms with Crippen LogP contribution < -0.4 is 4.74 Å². The number of hydrogen-bond donors (Lipinski definition) is 0. The second-order valence-corrected chi connectivity index (χ2v) is 5.53. The van der Waals surface area contributed by atoms with E-state index in [9.17, 15) is 0 Å². The zero-order valence-electron chi connectivity index (χ0n) is 11.3. The summed E-state index contributed by atoms with van der Waals surface area (Å²) in [6, 6.07) is 18.7. The van der Waals surface area contributed by atoms with Gasteiger partial charge in [-0.2, -0.15) is 0 Å². The Morgan fingerprint density at radius 2 is 1.63 bits per heavy atom. The van der Waals surface area contributed by atoms with Crippen LogP contribution >= 0.6 is 11.8 Å². The van der Waals surface area contributed by atoms with Gasteiger partial charge in [0.15, 0.2) is 0 Å². The van der Waals surface area contributed by atoms with Gasteiger partial charge in [-0.05, 0) is 30.7 Å². The second kappa shape index (κ2) is 7.90. The molecule has 0 atom stereocenters.